The second-order valence-corrected chi connectivity index (χ2v) is 4.25. The van der Waals surface area contributed by atoms with Gasteiger partial charge in [-0.3, -0.25) is 10.1 Å². The SMILES string of the molecule is C=C(C(=O)OC)C(c1ccccc1[N+](=O)[O-])n1ccnc1. The molecule has 2 aromatic rings. The van der Waals surface area contributed by atoms with Gasteiger partial charge in [0.1, 0.15) is 0 Å². The Kier molecular flexibility index (Phi) is 4.13. The molecule has 0 saturated carbocycles. The highest BCUT2D eigenvalue weighted by atomic mass is 16.6. The Balaban J connectivity index is 2.59. The number of carbonyl (C=O) groups excluding carboxylic acids is 1. The number of benzene rings is 1. The highest BCUT2D eigenvalue weighted by Crippen LogP contribution is 2.32. The van der Waals surface area contributed by atoms with Crippen molar-refractivity contribution >= 4 is 11.7 Å². The fourth-order valence-electron chi connectivity index (χ4n) is 2.08. The fraction of sp³-hybridized carbons (Fsp3) is 0.143. The molecule has 0 amide bonds. The molecule has 0 bridgehead atoms. The second kappa shape index (κ2) is 6.00. The molecule has 21 heavy (non-hydrogen) atoms. The summed E-state index contributed by atoms with van der Waals surface area (Å²) in [7, 11) is 1.23. The van der Waals surface area contributed by atoms with Gasteiger partial charge >= 0.3 is 5.97 Å². The predicted molar refractivity (Wildman–Crippen MR) is 74.6 cm³/mol. The monoisotopic (exact) mass is 287 g/mol. The number of rotatable bonds is 5. The Morgan fingerprint density at radius 3 is 2.76 bits per heavy atom. The minimum atomic E-state index is -0.749. The van der Waals surface area contributed by atoms with Crippen molar-refractivity contribution in [3.63, 3.8) is 0 Å². The summed E-state index contributed by atoms with van der Waals surface area (Å²) in [5, 5.41) is 11.2. The average Bonchev–Trinajstić information content (AvgIpc) is 3.00. The van der Waals surface area contributed by atoms with Crippen LogP contribution in [0.1, 0.15) is 11.6 Å². The van der Waals surface area contributed by atoms with E-state index in [1.807, 2.05) is 0 Å². The number of nitro groups is 1. The third-order valence-electron chi connectivity index (χ3n) is 3.03. The summed E-state index contributed by atoms with van der Waals surface area (Å²) in [5.41, 5.74) is 0.335. The molecule has 1 aromatic carbocycles. The maximum Gasteiger partial charge on any atom is 0.335 e. The summed E-state index contributed by atoms with van der Waals surface area (Å²) >= 11 is 0. The van der Waals surface area contributed by atoms with Gasteiger partial charge in [-0.1, -0.05) is 18.7 Å². The highest BCUT2D eigenvalue weighted by molar-refractivity contribution is 5.89. The van der Waals surface area contributed by atoms with Crippen LogP contribution < -0.4 is 0 Å². The van der Waals surface area contributed by atoms with E-state index in [0.717, 1.165) is 0 Å². The molecule has 7 heteroatoms. The molecule has 1 unspecified atom stereocenters. The van der Waals surface area contributed by atoms with Gasteiger partial charge in [0, 0.05) is 18.5 Å². The standard InChI is InChI=1S/C14H13N3O4/c1-10(14(18)21-2)13(16-8-7-15-9-16)11-5-3-4-6-12(11)17(19)20/h3-9,13H,1H2,2H3. The van der Waals surface area contributed by atoms with Crippen molar-refractivity contribution in [2.24, 2.45) is 0 Å². The molecule has 0 aliphatic carbocycles. The molecule has 0 saturated heterocycles. The summed E-state index contributed by atoms with van der Waals surface area (Å²) in [6, 6.07) is 5.44. The van der Waals surface area contributed by atoms with E-state index in [9.17, 15) is 14.9 Å². The van der Waals surface area contributed by atoms with E-state index in [-0.39, 0.29) is 11.3 Å². The Bertz CT molecular complexity index is 679. The van der Waals surface area contributed by atoms with Crippen LogP contribution in [0.3, 0.4) is 0 Å². The van der Waals surface area contributed by atoms with Crippen LogP contribution in [0.15, 0.2) is 55.1 Å². The van der Waals surface area contributed by atoms with Gasteiger partial charge in [-0.05, 0) is 6.07 Å². The van der Waals surface area contributed by atoms with E-state index in [4.69, 9.17) is 0 Å². The largest absolute Gasteiger partial charge is 0.466 e. The minimum absolute atomic E-state index is 0.0878. The quantitative estimate of drug-likeness (QED) is 0.364. The molecular formula is C14H13N3O4. The van der Waals surface area contributed by atoms with Crippen LogP contribution in [-0.2, 0) is 9.53 Å². The number of methoxy groups -OCH3 is 1. The van der Waals surface area contributed by atoms with Crippen LogP contribution in [0, 0.1) is 10.1 Å². The molecule has 0 spiro atoms. The first kappa shape index (κ1) is 14.4. The first-order valence-electron chi connectivity index (χ1n) is 6.04. The summed E-state index contributed by atoms with van der Waals surface area (Å²) in [5.74, 6) is -0.633. The minimum Gasteiger partial charge on any atom is -0.466 e. The summed E-state index contributed by atoms with van der Waals surface area (Å²) < 4.78 is 6.24. The highest BCUT2D eigenvalue weighted by Gasteiger charge is 2.28. The molecule has 0 aliphatic heterocycles. The number of esters is 1. The Morgan fingerprint density at radius 1 is 1.48 bits per heavy atom. The van der Waals surface area contributed by atoms with E-state index in [1.54, 1.807) is 29.0 Å². The molecule has 2 rings (SSSR count). The zero-order valence-electron chi connectivity index (χ0n) is 11.3. The van der Waals surface area contributed by atoms with Gasteiger partial charge in [0.05, 0.1) is 35.5 Å². The maximum atomic E-state index is 11.8. The molecule has 1 aromatic heterocycles. The Labute approximate surface area is 120 Å². The number of para-hydroxylation sites is 1. The van der Waals surface area contributed by atoms with Gasteiger partial charge in [0.25, 0.3) is 5.69 Å². The van der Waals surface area contributed by atoms with Gasteiger partial charge in [-0.25, -0.2) is 9.78 Å². The second-order valence-electron chi connectivity index (χ2n) is 4.25. The fourth-order valence-corrected chi connectivity index (χ4v) is 2.08. The van der Waals surface area contributed by atoms with Crippen LogP contribution in [0.25, 0.3) is 0 Å². The molecule has 108 valence electrons. The normalized spacial score (nSPS) is 11.7. The number of imidazole rings is 1. The van der Waals surface area contributed by atoms with E-state index in [1.165, 1.54) is 25.7 Å². The van der Waals surface area contributed by atoms with E-state index in [2.05, 4.69) is 16.3 Å². The van der Waals surface area contributed by atoms with Crippen molar-refractivity contribution in [3.05, 3.63) is 70.8 Å². The molecule has 1 heterocycles. The van der Waals surface area contributed by atoms with Crippen molar-refractivity contribution in [2.75, 3.05) is 7.11 Å². The third-order valence-corrected chi connectivity index (χ3v) is 3.03. The number of nitrogens with zero attached hydrogens (tertiary/aromatic N) is 3. The molecule has 0 fully saturated rings. The number of hydrogen-bond acceptors (Lipinski definition) is 5. The molecule has 0 radical (unpaired) electrons. The van der Waals surface area contributed by atoms with Crippen LogP contribution in [-0.4, -0.2) is 27.6 Å². The van der Waals surface area contributed by atoms with Crippen LogP contribution >= 0.6 is 0 Å². The van der Waals surface area contributed by atoms with Crippen LogP contribution in [0.2, 0.25) is 0 Å². The summed E-state index contributed by atoms with van der Waals surface area (Å²) in [6.45, 7) is 3.71. The zero-order valence-corrected chi connectivity index (χ0v) is 11.3. The number of carbonyl (C=O) groups is 1. The summed E-state index contributed by atoms with van der Waals surface area (Å²) in [4.78, 5) is 26.4. The number of hydrogen-bond donors (Lipinski definition) is 0. The molecule has 0 N–H and O–H groups in total. The Morgan fingerprint density at radius 2 is 2.19 bits per heavy atom. The maximum absolute atomic E-state index is 11.8. The van der Waals surface area contributed by atoms with Crippen LogP contribution in [0.4, 0.5) is 5.69 Å². The topological polar surface area (TPSA) is 87.3 Å². The zero-order chi connectivity index (χ0) is 15.4. The molecular weight excluding hydrogens is 274 g/mol. The predicted octanol–water partition coefficient (Wildman–Crippen LogP) is 2.11. The first-order chi connectivity index (χ1) is 10.1. The van der Waals surface area contributed by atoms with E-state index in [0.29, 0.717) is 5.56 Å². The van der Waals surface area contributed by atoms with Gasteiger partial charge < -0.3 is 9.30 Å². The van der Waals surface area contributed by atoms with Gasteiger partial charge in [-0.15, -0.1) is 0 Å². The van der Waals surface area contributed by atoms with E-state index < -0.39 is 16.9 Å². The van der Waals surface area contributed by atoms with Crippen molar-refractivity contribution in [1.29, 1.82) is 0 Å². The molecule has 1 atom stereocenters. The number of aromatic nitrogens is 2. The van der Waals surface area contributed by atoms with Gasteiger partial charge in [0.15, 0.2) is 0 Å². The lowest BCUT2D eigenvalue weighted by Gasteiger charge is -2.19. The number of nitro benzene ring substituents is 1. The lowest BCUT2D eigenvalue weighted by molar-refractivity contribution is -0.385. The first-order valence-corrected chi connectivity index (χ1v) is 6.04. The van der Waals surface area contributed by atoms with Crippen molar-refractivity contribution < 1.29 is 14.5 Å². The van der Waals surface area contributed by atoms with Crippen molar-refractivity contribution in [1.82, 2.24) is 9.55 Å². The van der Waals surface area contributed by atoms with Gasteiger partial charge in [-0.2, -0.15) is 0 Å². The summed E-state index contributed by atoms with van der Waals surface area (Å²) in [6.07, 6.45) is 4.59. The lowest BCUT2D eigenvalue weighted by Crippen LogP contribution is -2.19. The smallest absolute Gasteiger partial charge is 0.335 e. The lowest BCUT2D eigenvalue weighted by atomic mass is 9.98. The van der Waals surface area contributed by atoms with E-state index >= 15 is 0 Å². The number of ether oxygens (including phenoxy) is 1. The van der Waals surface area contributed by atoms with Gasteiger partial charge in [0.2, 0.25) is 0 Å². The molecule has 7 nitrogen and oxygen atoms in total. The van der Waals surface area contributed by atoms with Crippen molar-refractivity contribution in [3.8, 4) is 0 Å². The molecule has 0 aliphatic rings. The Hall–Kier alpha value is -2.96. The third kappa shape index (κ3) is 2.81. The van der Waals surface area contributed by atoms with Crippen LogP contribution in [0.5, 0.6) is 0 Å². The van der Waals surface area contributed by atoms with Crippen molar-refractivity contribution in [2.45, 2.75) is 6.04 Å². The average molecular weight is 287 g/mol.